The SMILES string of the molecule is CC(C)OC(=O)N1CC2CC(CN(CCc3ccc(C#N)cc3)C2)C1. The molecule has 1 aromatic rings. The lowest BCUT2D eigenvalue weighted by molar-refractivity contribution is 0.0144. The minimum absolute atomic E-state index is 0.0572. The molecule has 2 aliphatic rings. The summed E-state index contributed by atoms with van der Waals surface area (Å²) in [6, 6.07) is 10.0. The van der Waals surface area contributed by atoms with Gasteiger partial charge in [0.1, 0.15) is 0 Å². The molecule has 2 saturated heterocycles. The summed E-state index contributed by atoms with van der Waals surface area (Å²) in [7, 11) is 0. The van der Waals surface area contributed by atoms with Gasteiger partial charge >= 0.3 is 6.09 Å². The zero-order valence-electron chi connectivity index (χ0n) is 15.1. The molecule has 134 valence electrons. The van der Waals surface area contributed by atoms with Crippen LogP contribution in [0, 0.1) is 23.2 Å². The molecule has 2 bridgehead atoms. The molecule has 25 heavy (non-hydrogen) atoms. The van der Waals surface area contributed by atoms with Crippen molar-refractivity contribution in [2.24, 2.45) is 11.8 Å². The Hall–Kier alpha value is -2.06. The predicted molar refractivity (Wildman–Crippen MR) is 96.1 cm³/mol. The van der Waals surface area contributed by atoms with Crippen LogP contribution in [-0.2, 0) is 11.2 Å². The number of fused-ring (bicyclic) bond motifs is 2. The third kappa shape index (κ3) is 4.73. The first-order chi connectivity index (χ1) is 12.0. The molecule has 2 unspecified atom stereocenters. The molecule has 3 rings (SSSR count). The van der Waals surface area contributed by atoms with Crippen LogP contribution in [0.5, 0.6) is 0 Å². The quantitative estimate of drug-likeness (QED) is 0.845. The van der Waals surface area contributed by atoms with Crippen molar-refractivity contribution >= 4 is 6.09 Å². The molecular weight excluding hydrogens is 314 g/mol. The van der Waals surface area contributed by atoms with E-state index in [-0.39, 0.29) is 12.2 Å². The number of likely N-dealkylation sites (tertiary alicyclic amines) is 2. The molecule has 5 nitrogen and oxygen atoms in total. The van der Waals surface area contributed by atoms with Gasteiger partial charge in [-0.25, -0.2) is 4.79 Å². The summed E-state index contributed by atoms with van der Waals surface area (Å²) < 4.78 is 5.36. The van der Waals surface area contributed by atoms with Crippen LogP contribution in [0.1, 0.15) is 31.4 Å². The van der Waals surface area contributed by atoms with Crippen molar-refractivity contribution in [2.75, 3.05) is 32.7 Å². The molecular formula is C20H27N3O2. The Labute approximate surface area is 150 Å². The van der Waals surface area contributed by atoms with Crippen molar-refractivity contribution in [2.45, 2.75) is 32.8 Å². The van der Waals surface area contributed by atoms with Gasteiger partial charge in [0.2, 0.25) is 0 Å². The molecule has 2 aliphatic heterocycles. The number of nitriles is 1. The van der Waals surface area contributed by atoms with Gasteiger partial charge in [-0.15, -0.1) is 0 Å². The Bertz CT molecular complexity index is 621. The molecule has 2 heterocycles. The highest BCUT2D eigenvalue weighted by Gasteiger charge is 2.36. The van der Waals surface area contributed by atoms with Gasteiger partial charge < -0.3 is 14.5 Å². The Balaban J connectivity index is 1.50. The van der Waals surface area contributed by atoms with E-state index in [4.69, 9.17) is 10.00 Å². The van der Waals surface area contributed by atoms with Crippen LogP contribution < -0.4 is 0 Å². The average Bonchev–Trinajstić information content (AvgIpc) is 2.59. The van der Waals surface area contributed by atoms with E-state index >= 15 is 0 Å². The average molecular weight is 341 g/mol. The number of nitrogens with zero attached hydrogens (tertiary/aromatic N) is 3. The molecule has 1 aromatic carbocycles. The van der Waals surface area contributed by atoms with E-state index in [0.717, 1.165) is 39.1 Å². The number of rotatable bonds is 4. The van der Waals surface area contributed by atoms with Crippen LogP contribution in [0.2, 0.25) is 0 Å². The Kier molecular flexibility index (Phi) is 5.60. The molecule has 2 fully saturated rings. The van der Waals surface area contributed by atoms with E-state index in [1.54, 1.807) is 0 Å². The highest BCUT2D eigenvalue weighted by Crippen LogP contribution is 2.29. The lowest BCUT2D eigenvalue weighted by Crippen LogP contribution is -2.54. The fourth-order valence-corrected chi connectivity index (χ4v) is 4.03. The van der Waals surface area contributed by atoms with Gasteiger partial charge in [-0.3, -0.25) is 0 Å². The van der Waals surface area contributed by atoms with Gasteiger partial charge in [0, 0.05) is 32.7 Å². The van der Waals surface area contributed by atoms with Crippen molar-refractivity contribution in [1.82, 2.24) is 9.80 Å². The van der Waals surface area contributed by atoms with Gasteiger partial charge in [0.15, 0.2) is 0 Å². The smallest absolute Gasteiger partial charge is 0.410 e. The van der Waals surface area contributed by atoms with E-state index < -0.39 is 0 Å². The molecule has 5 heteroatoms. The van der Waals surface area contributed by atoms with E-state index in [2.05, 4.69) is 11.0 Å². The predicted octanol–water partition coefficient (Wildman–Crippen LogP) is 2.90. The van der Waals surface area contributed by atoms with Crippen molar-refractivity contribution in [3.63, 3.8) is 0 Å². The van der Waals surface area contributed by atoms with Gasteiger partial charge in [0.05, 0.1) is 17.7 Å². The normalized spacial score (nSPS) is 23.4. The summed E-state index contributed by atoms with van der Waals surface area (Å²) in [5, 5.41) is 8.87. The van der Waals surface area contributed by atoms with Crippen molar-refractivity contribution < 1.29 is 9.53 Å². The molecule has 0 aromatic heterocycles. The van der Waals surface area contributed by atoms with Crippen LogP contribution >= 0.6 is 0 Å². The first-order valence-electron chi connectivity index (χ1n) is 9.20. The number of ether oxygens (including phenoxy) is 1. The second kappa shape index (κ2) is 7.88. The van der Waals surface area contributed by atoms with E-state index in [9.17, 15) is 4.79 Å². The Morgan fingerprint density at radius 1 is 1.20 bits per heavy atom. The lowest BCUT2D eigenvalue weighted by Gasteiger charge is -2.45. The van der Waals surface area contributed by atoms with E-state index in [0.29, 0.717) is 17.4 Å². The second-order valence-corrected chi connectivity index (χ2v) is 7.62. The van der Waals surface area contributed by atoms with Crippen molar-refractivity contribution in [1.29, 1.82) is 5.26 Å². The molecule has 0 aliphatic carbocycles. The summed E-state index contributed by atoms with van der Waals surface area (Å²) in [6.45, 7) is 8.57. The minimum atomic E-state index is -0.157. The number of piperidine rings is 2. The van der Waals surface area contributed by atoms with Crippen LogP contribution in [0.25, 0.3) is 0 Å². The zero-order valence-corrected chi connectivity index (χ0v) is 15.1. The number of benzene rings is 1. The topological polar surface area (TPSA) is 56.6 Å². The third-order valence-electron chi connectivity index (χ3n) is 5.05. The maximum absolute atomic E-state index is 12.2. The first kappa shape index (κ1) is 17.8. The van der Waals surface area contributed by atoms with Gasteiger partial charge in [0.25, 0.3) is 0 Å². The van der Waals surface area contributed by atoms with Crippen LogP contribution in [0.15, 0.2) is 24.3 Å². The van der Waals surface area contributed by atoms with Crippen LogP contribution in [0.4, 0.5) is 4.79 Å². The van der Waals surface area contributed by atoms with E-state index in [1.807, 2.05) is 43.0 Å². The molecule has 0 saturated carbocycles. The van der Waals surface area contributed by atoms with Crippen LogP contribution in [-0.4, -0.2) is 54.7 Å². The minimum Gasteiger partial charge on any atom is -0.447 e. The van der Waals surface area contributed by atoms with E-state index in [1.165, 1.54) is 12.0 Å². The molecule has 0 radical (unpaired) electrons. The maximum atomic E-state index is 12.2. The summed E-state index contributed by atoms with van der Waals surface area (Å²) in [4.78, 5) is 16.6. The fraction of sp³-hybridized carbons (Fsp3) is 0.600. The molecule has 0 N–H and O–H groups in total. The lowest BCUT2D eigenvalue weighted by atomic mass is 9.84. The van der Waals surface area contributed by atoms with Gasteiger partial charge in [-0.1, -0.05) is 12.1 Å². The van der Waals surface area contributed by atoms with Crippen molar-refractivity contribution in [3.05, 3.63) is 35.4 Å². The summed E-state index contributed by atoms with van der Waals surface area (Å²) in [5.74, 6) is 1.10. The summed E-state index contributed by atoms with van der Waals surface area (Å²) >= 11 is 0. The first-order valence-corrected chi connectivity index (χ1v) is 9.20. The molecule has 2 atom stereocenters. The summed E-state index contributed by atoms with van der Waals surface area (Å²) in [5.41, 5.74) is 1.99. The zero-order chi connectivity index (χ0) is 17.8. The number of hydrogen-bond acceptors (Lipinski definition) is 4. The standard InChI is InChI=1S/C20H27N3O2/c1-15(2)25-20(24)23-13-18-9-19(14-23)12-22(11-18)8-7-16-3-5-17(10-21)6-4-16/h3-6,15,18-19H,7-9,11-14H2,1-2H3. The summed E-state index contributed by atoms with van der Waals surface area (Å²) in [6.07, 6.45) is 2.01. The monoisotopic (exact) mass is 341 g/mol. The van der Waals surface area contributed by atoms with Crippen molar-refractivity contribution in [3.8, 4) is 6.07 Å². The Morgan fingerprint density at radius 3 is 2.40 bits per heavy atom. The third-order valence-corrected chi connectivity index (χ3v) is 5.05. The number of hydrogen-bond donors (Lipinski definition) is 0. The molecule has 0 spiro atoms. The highest BCUT2D eigenvalue weighted by molar-refractivity contribution is 5.68. The second-order valence-electron chi connectivity index (χ2n) is 7.62. The fourth-order valence-electron chi connectivity index (χ4n) is 4.03. The number of carbonyl (C=O) groups is 1. The largest absolute Gasteiger partial charge is 0.447 e. The van der Waals surface area contributed by atoms with Gasteiger partial charge in [-0.2, -0.15) is 5.26 Å². The number of amides is 1. The van der Waals surface area contributed by atoms with Gasteiger partial charge in [-0.05, 0) is 56.2 Å². The maximum Gasteiger partial charge on any atom is 0.410 e. The number of carbonyl (C=O) groups excluding carboxylic acids is 1. The highest BCUT2D eigenvalue weighted by atomic mass is 16.6. The molecule has 1 amide bonds. The van der Waals surface area contributed by atoms with Crippen LogP contribution in [0.3, 0.4) is 0 Å². The Morgan fingerprint density at radius 2 is 1.84 bits per heavy atom.